The van der Waals surface area contributed by atoms with E-state index in [-0.39, 0.29) is 11.8 Å². The van der Waals surface area contributed by atoms with Crippen molar-refractivity contribution in [1.29, 1.82) is 5.26 Å². The van der Waals surface area contributed by atoms with Gasteiger partial charge in [0, 0.05) is 43.1 Å². The van der Waals surface area contributed by atoms with Gasteiger partial charge in [-0.2, -0.15) is 5.26 Å². The van der Waals surface area contributed by atoms with Crippen LogP contribution in [0.5, 0.6) is 0 Å². The quantitative estimate of drug-likeness (QED) is 0.516. The fourth-order valence-electron chi connectivity index (χ4n) is 3.27. The van der Waals surface area contributed by atoms with E-state index in [9.17, 15) is 0 Å². The summed E-state index contributed by atoms with van der Waals surface area (Å²) in [6.07, 6.45) is 5.92. The molecule has 3 N–H and O–H groups in total. The lowest BCUT2D eigenvalue weighted by atomic mass is 10.1. The van der Waals surface area contributed by atoms with Crippen molar-refractivity contribution in [3.8, 4) is 17.2 Å². The highest BCUT2D eigenvalue weighted by atomic mass is 16.5. The third kappa shape index (κ3) is 6.48. The van der Waals surface area contributed by atoms with Crippen molar-refractivity contribution < 1.29 is 4.74 Å². The maximum absolute atomic E-state index is 8.86. The molecule has 1 saturated heterocycles. The number of pyridine rings is 1. The smallest absolute Gasteiger partial charge is 0.158 e. The van der Waals surface area contributed by atoms with Gasteiger partial charge in [0.25, 0.3) is 0 Å². The molecule has 1 fully saturated rings. The van der Waals surface area contributed by atoms with E-state index in [0.29, 0.717) is 11.6 Å². The first kappa shape index (κ1) is 23.1. The van der Waals surface area contributed by atoms with Crippen LogP contribution in [-0.4, -0.2) is 47.3 Å². The SMILES string of the molecule is CC.N#Cc1cnc(Nc2cc(NCCC3CNCCO3)c(-c3ccccc3)cn2)cn1. The summed E-state index contributed by atoms with van der Waals surface area (Å²) >= 11 is 0. The number of nitrogens with zero attached hydrogens (tertiary/aromatic N) is 4. The first-order valence-electron chi connectivity index (χ1n) is 10.9. The fraction of sp³-hybridized carbons (Fsp3) is 0.333. The molecule has 4 rings (SSSR count). The highest BCUT2D eigenvalue weighted by Gasteiger charge is 2.14. The molecule has 2 aromatic heterocycles. The zero-order valence-corrected chi connectivity index (χ0v) is 18.5. The number of nitriles is 1. The van der Waals surface area contributed by atoms with E-state index in [4.69, 9.17) is 10.00 Å². The highest BCUT2D eigenvalue weighted by molar-refractivity contribution is 5.79. The van der Waals surface area contributed by atoms with Gasteiger partial charge in [0.1, 0.15) is 17.7 Å². The predicted molar refractivity (Wildman–Crippen MR) is 127 cm³/mol. The molecule has 0 saturated carbocycles. The molecule has 1 aliphatic rings. The Morgan fingerprint density at radius 1 is 1.09 bits per heavy atom. The Labute approximate surface area is 189 Å². The van der Waals surface area contributed by atoms with Crippen molar-refractivity contribution in [2.75, 3.05) is 36.9 Å². The third-order valence-corrected chi connectivity index (χ3v) is 4.80. The number of rotatable bonds is 7. The number of hydrogen-bond acceptors (Lipinski definition) is 8. The summed E-state index contributed by atoms with van der Waals surface area (Å²) < 4.78 is 5.79. The van der Waals surface area contributed by atoms with Crippen LogP contribution in [0.1, 0.15) is 26.0 Å². The number of aromatic nitrogens is 3. The summed E-state index contributed by atoms with van der Waals surface area (Å²) in [4.78, 5) is 12.8. The topological polar surface area (TPSA) is 108 Å². The molecule has 8 nitrogen and oxygen atoms in total. The normalized spacial score (nSPS) is 15.1. The molecule has 32 heavy (non-hydrogen) atoms. The Hall–Kier alpha value is -3.54. The minimum Gasteiger partial charge on any atom is -0.384 e. The van der Waals surface area contributed by atoms with Crippen molar-refractivity contribution in [1.82, 2.24) is 20.3 Å². The van der Waals surface area contributed by atoms with Crippen LogP contribution in [0.2, 0.25) is 0 Å². The molecule has 1 atom stereocenters. The van der Waals surface area contributed by atoms with Crippen molar-refractivity contribution in [3.05, 3.63) is 60.7 Å². The molecule has 8 heteroatoms. The Balaban J connectivity index is 0.00000141. The highest BCUT2D eigenvalue weighted by Crippen LogP contribution is 2.30. The van der Waals surface area contributed by atoms with E-state index >= 15 is 0 Å². The molecule has 0 radical (unpaired) electrons. The summed E-state index contributed by atoms with van der Waals surface area (Å²) in [5.74, 6) is 1.17. The summed E-state index contributed by atoms with van der Waals surface area (Å²) in [5.41, 5.74) is 3.36. The molecule has 1 unspecified atom stereocenters. The van der Waals surface area contributed by atoms with Crippen LogP contribution < -0.4 is 16.0 Å². The summed E-state index contributed by atoms with van der Waals surface area (Å²) in [6, 6.07) is 14.1. The second-order valence-corrected chi connectivity index (χ2v) is 6.92. The van der Waals surface area contributed by atoms with Crippen LogP contribution in [0, 0.1) is 11.3 Å². The van der Waals surface area contributed by atoms with Crippen LogP contribution in [-0.2, 0) is 4.74 Å². The minimum absolute atomic E-state index is 0.222. The Bertz CT molecular complexity index is 997. The Morgan fingerprint density at radius 2 is 1.91 bits per heavy atom. The van der Waals surface area contributed by atoms with Crippen molar-refractivity contribution in [3.63, 3.8) is 0 Å². The van der Waals surface area contributed by atoms with Gasteiger partial charge in [0.15, 0.2) is 5.69 Å². The van der Waals surface area contributed by atoms with Crippen molar-refractivity contribution in [2.45, 2.75) is 26.4 Å². The molecule has 0 spiro atoms. The largest absolute Gasteiger partial charge is 0.384 e. The zero-order chi connectivity index (χ0) is 22.6. The van der Waals surface area contributed by atoms with E-state index in [1.807, 2.05) is 50.4 Å². The maximum Gasteiger partial charge on any atom is 0.158 e. The fourth-order valence-corrected chi connectivity index (χ4v) is 3.27. The summed E-state index contributed by atoms with van der Waals surface area (Å²) in [7, 11) is 0. The number of anilines is 3. The van der Waals surface area contributed by atoms with Crippen LogP contribution in [0.3, 0.4) is 0 Å². The summed E-state index contributed by atoms with van der Waals surface area (Å²) in [5, 5.41) is 18.9. The molecule has 3 aromatic rings. The van der Waals surface area contributed by atoms with Gasteiger partial charge < -0.3 is 20.7 Å². The standard InChI is InChI=1S/C22H23N7O.C2H6/c23-11-17-12-27-22(15-26-17)29-21-10-20(25-7-6-18-13-24-8-9-30-18)19(14-28-21)16-4-2-1-3-5-16;1-2/h1-5,10,12,14-15,18,24H,6-9,13H2,(H2,25,27,28,29);1-2H3. The van der Waals surface area contributed by atoms with E-state index in [0.717, 1.165) is 49.5 Å². The van der Waals surface area contributed by atoms with E-state index < -0.39 is 0 Å². The monoisotopic (exact) mass is 431 g/mol. The molecule has 1 aromatic carbocycles. The maximum atomic E-state index is 8.86. The van der Waals surface area contributed by atoms with Gasteiger partial charge in [-0.3, -0.25) is 0 Å². The van der Waals surface area contributed by atoms with Crippen LogP contribution in [0.25, 0.3) is 11.1 Å². The molecule has 1 aliphatic heterocycles. The molecular weight excluding hydrogens is 402 g/mol. The third-order valence-electron chi connectivity index (χ3n) is 4.80. The number of ether oxygens (including phenoxy) is 1. The Kier molecular flexibility index (Phi) is 8.92. The van der Waals surface area contributed by atoms with E-state index in [1.165, 1.54) is 12.4 Å². The number of nitrogens with one attached hydrogen (secondary N) is 3. The molecule has 0 aliphatic carbocycles. The van der Waals surface area contributed by atoms with E-state index in [2.05, 4.69) is 43.0 Å². The van der Waals surface area contributed by atoms with Gasteiger partial charge in [0.05, 0.1) is 25.1 Å². The van der Waals surface area contributed by atoms with E-state index in [1.54, 1.807) is 0 Å². The lowest BCUT2D eigenvalue weighted by Gasteiger charge is -2.24. The van der Waals surface area contributed by atoms with Crippen LogP contribution in [0.4, 0.5) is 17.3 Å². The second kappa shape index (κ2) is 12.3. The number of morpholine rings is 1. The minimum atomic E-state index is 0.222. The molecule has 166 valence electrons. The first-order chi connectivity index (χ1) is 15.8. The summed E-state index contributed by atoms with van der Waals surface area (Å²) in [6.45, 7) is 7.34. The van der Waals surface area contributed by atoms with Gasteiger partial charge in [-0.05, 0) is 12.0 Å². The zero-order valence-electron chi connectivity index (χ0n) is 18.5. The van der Waals surface area contributed by atoms with Gasteiger partial charge in [0.2, 0.25) is 0 Å². The molecule has 0 amide bonds. The van der Waals surface area contributed by atoms with Crippen LogP contribution >= 0.6 is 0 Å². The van der Waals surface area contributed by atoms with Gasteiger partial charge in [-0.1, -0.05) is 44.2 Å². The average molecular weight is 432 g/mol. The lowest BCUT2D eigenvalue weighted by Crippen LogP contribution is -2.39. The van der Waals surface area contributed by atoms with Gasteiger partial charge >= 0.3 is 0 Å². The van der Waals surface area contributed by atoms with Crippen molar-refractivity contribution in [2.24, 2.45) is 0 Å². The molecule has 3 heterocycles. The number of benzene rings is 1. The lowest BCUT2D eigenvalue weighted by molar-refractivity contribution is 0.0258. The molecular formula is C24H29N7O. The van der Waals surface area contributed by atoms with Gasteiger partial charge in [-0.15, -0.1) is 0 Å². The Morgan fingerprint density at radius 3 is 2.59 bits per heavy atom. The van der Waals surface area contributed by atoms with Gasteiger partial charge in [-0.25, -0.2) is 15.0 Å². The first-order valence-corrected chi connectivity index (χ1v) is 10.9. The predicted octanol–water partition coefficient (Wildman–Crippen LogP) is 3.97. The number of hydrogen-bond donors (Lipinski definition) is 3. The molecule has 0 bridgehead atoms. The van der Waals surface area contributed by atoms with Crippen LogP contribution in [0.15, 0.2) is 55.0 Å². The average Bonchev–Trinajstić information content (AvgIpc) is 2.87. The second-order valence-electron chi connectivity index (χ2n) is 6.92. The van der Waals surface area contributed by atoms with Crippen molar-refractivity contribution >= 4 is 17.3 Å².